The predicted octanol–water partition coefficient (Wildman–Crippen LogP) is 5.21. The van der Waals surface area contributed by atoms with E-state index in [1.807, 2.05) is 0 Å². The second-order valence-electron chi connectivity index (χ2n) is 4.91. The van der Waals surface area contributed by atoms with E-state index in [2.05, 4.69) is 56.3 Å². The third-order valence-corrected chi connectivity index (χ3v) is 3.66. The second-order valence-corrected chi connectivity index (χ2v) is 4.91. The standard InChI is InChI=1S/C17H22/c1-3-8-14(4-2)13-16-11-7-10-15-9-5-6-12-17(15)16/h5-7,9-12,14H,3-4,8,13H2,1-2H3. The van der Waals surface area contributed by atoms with Gasteiger partial charge in [-0.1, -0.05) is 75.6 Å². The van der Waals surface area contributed by atoms with Crippen LogP contribution in [0.15, 0.2) is 42.5 Å². The maximum Gasteiger partial charge on any atom is -0.0152 e. The van der Waals surface area contributed by atoms with Gasteiger partial charge in [0.15, 0.2) is 0 Å². The lowest BCUT2D eigenvalue weighted by molar-refractivity contribution is 0.463. The van der Waals surface area contributed by atoms with Crippen LogP contribution in [0.1, 0.15) is 38.7 Å². The highest BCUT2D eigenvalue weighted by molar-refractivity contribution is 5.85. The molecule has 1 atom stereocenters. The molecule has 0 saturated carbocycles. The SMILES string of the molecule is CCCC(CC)Cc1cccc2ccccc12. The third kappa shape index (κ3) is 2.88. The normalized spacial score (nSPS) is 12.8. The summed E-state index contributed by atoms with van der Waals surface area (Å²) in [6, 6.07) is 15.4. The van der Waals surface area contributed by atoms with E-state index in [4.69, 9.17) is 0 Å². The molecule has 0 aromatic heterocycles. The highest BCUT2D eigenvalue weighted by Crippen LogP contribution is 2.24. The number of rotatable bonds is 5. The fraction of sp³-hybridized carbons (Fsp3) is 0.412. The first-order valence-corrected chi connectivity index (χ1v) is 6.81. The average molecular weight is 226 g/mol. The molecule has 0 aliphatic rings. The van der Waals surface area contributed by atoms with Crippen LogP contribution < -0.4 is 0 Å². The van der Waals surface area contributed by atoms with Crippen LogP contribution in [-0.2, 0) is 6.42 Å². The zero-order valence-electron chi connectivity index (χ0n) is 10.9. The summed E-state index contributed by atoms with van der Waals surface area (Å²) in [5.74, 6) is 0.839. The maximum atomic E-state index is 2.31. The van der Waals surface area contributed by atoms with Crippen LogP contribution in [0.2, 0.25) is 0 Å². The smallest absolute Gasteiger partial charge is 0.0152 e. The van der Waals surface area contributed by atoms with Crippen LogP contribution in [0.3, 0.4) is 0 Å². The highest BCUT2D eigenvalue weighted by atomic mass is 14.1. The van der Waals surface area contributed by atoms with Crippen molar-refractivity contribution in [2.75, 3.05) is 0 Å². The quantitative estimate of drug-likeness (QED) is 0.656. The number of hydrogen-bond donors (Lipinski definition) is 0. The summed E-state index contributed by atoms with van der Waals surface area (Å²) in [6.07, 6.45) is 5.16. The van der Waals surface area contributed by atoms with Crippen molar-refractivity contribution >= 4 is 10.8 Å². The molecule has 0 nitrogen and oxygen atoms in total. The molecule has 0 aliphatic heterocycles. The first-order chi connectivity index (χ1) is 8.35. The molecule has 0 heterocycles. The van der Waals surface area contributed by atoms with Gasteiger partial charge in [-0.2, -0.15) is 0 Å². The van der Waals surface area contributed by atoms with E-state index in [0.29, 0.717) is 0 Å². The van der Waals surface area contributed by atoms with Gasteiger partial charge in [-0.3, -0.25) is 0 Å². The Hall–Kier alpha value is -1.30. The fourth-order valence-corrected chi connectivity index (χ4v) is 2.64. The topological polar surface area (TPSA) is 0 Å². The Bertz CT molecular complexity index is 465. The molecule has 2 rings (SSSR count). The van der Waals surface area contributed by atoms with Crippen LogP contribution in [0.5, 0.6) is 0 Å². The van der Waals surface area contributed by atoms with Crippen molar-refractivity contribution in [1.82, 2.24) is 0 Å². The Morgan fingerprint density at radius 3 is 2.47 bits per heavy atom. The molecular weight excluding hydrogens is 204 g/mol. The third-order valence-electron chi connectivity index (χ3n) is 3.66. The molecule has 2 aromatic carbocycles. The molecule has 0 fully saturated rings. The summed E-state index contributed by atoms with van der Waals surface area (Å²) in [7, 11) is 0. The van der Waals surface area contributed by atoms with Crippen LogP contribution in [0, 0.1) is 5.92 Å². The van der Waals surface area contributed by atoms with Gasteiger partial charge in [0.2, 0.25) is 0 Å². The summed E-state index contributed by atoms with van der Waals surface area (Å²) in [5.41, 5.74) is 1.52. The van der Waals surface area contributed by atoms with E-state index >= 15 is 0 Å². The Morgan fingerprint density at radius 2 is 1.71 bits per heavy atom. The van der Waals surface area contributed by atoms with Crippen molar-refractivity contribution in [2.45, 2.75) is 39.5 Å². The summed E-state index contributed by atoms with van der Waals surface area (Å²) < 4.78 is 0. The second kappa shape index (κ2) is 5.86. The van der Waals surface area contributed by atoms with E-state index in [-0.39, 0.29) is 0 Å². The van der Waals surface area contributed by atoms with Gasteiger partial charge in [-0.15, -0.1) is 0 Å². The van der Waals surface area contributed by atoms with E-state index < -0.39 is 0 Å². The Balaban J connectivity index is 2.28. The van der Waals surface area contributed by atoms with Crippen LogP contribution in [-0.4, -0.2) is 0 Å². The molecule has 2 aromatic rings. The number of hydrogen-bond acceptors (Lipinski definition) is 0. The van der Waals surface area contributed by atoms with Crippen molar-refractivity contribution in [1.29, 1.82) is 0 Å². The Kier molecular flexibility index (Phi) is 4.19. The van der Waals surface area contributed by atoms with Crippen molar-refractivity contribution in [3.63, 3.8) is 0 Å². The van der Waals surface area contributed by atoms with E-state index in [1.165, 1.54) is 42.0 Å². The predicted molar refractivity (Wildman–Crippen MR) is 76.3 cm³/mol. The van der Waals surface area contributed by atoms with Crippen LogP contribution >= 0.6 is 0 Å². The van der Waals surface area contributed by atoms with Gasteiger partial charge < -0.3 is 0 Å². The molecule has 1 unspecified atom stereocenters. The molecule has 90 valence electrons. The number of fused-ring (bicyclic) bond motifs is 1. The Morgan fingerprint density at radius 1 is 0.941 bits per heavy atom. The molecule has 17 heavy (non-hydrogen) atoms. The molecule has 0 amide bonds. The molecule has 0 spiro atoms. The molecular formula is C17H22. The highest BCUT2D eigenvalue weighted by Gasteiger charge is 2.08. The fourth-order valence-electron chi connectivity index (χ4n) is 2.64. The zero-order valence-corrected chi connectivity index (χ0v) is 10.9. The minimum atomic E-state index is 0.839. The van der Waals surface area contributed by atoms with Gasteiger partial charge >= 0.3 is 0 Å². The summed E-state index contributed by atoms with van der Waals surface area (Å²) >= 11 is 0. The molecule has 0 N–H and O–H groups in total. The van der Waals surface area contributed by atoms with Gasteiger partial charge in [0.25, 0.3) is 0 Å². The van der Waals surface area contributed by atoms with Crippen LogP contribution in [0.25, 0.3) is 10.8 Å². The Labute approximate surface area is 105 Å². The van der Waals surface area contributed by atoms with E-state index in [0.717, 1.165) is 5.92 Å². The van der Waals surface area contributed by atoms with Crippen molar-refractivity contribution in [3.05, 3.63) is 48.0 Å². The summed E-state index contributed by atoms with van der Waals surface area (Å²) in [5, 5.41) is 2.81. The van der Waals surface area contributed by atoms with Crippen molar-refractivity contribution < 1.29 is 0 Å². The van der Waals surface area contributed by atoms with Crippen LogP contribution in [0.4, 0.5) is 0 Å². The first-order valence-electron chi connectivity index (χ1n) is 6.81. The van der Waals surface area contributed by atoms with Crippen molar-refractivity contribution in [2.24, 2.45) is 5.92 Å². The minimum absolute atomic E-state index is 0.839. The number of benzene rings is 2. The zero-order chi connectivity index (χ0) is 12.1. The molecule has 0 aliphatic carbocycles. The lowest BCUT2D eigenvalue weighted by Gasteiger charge is -2.15. The summed E-state index contributed by atoms with van der Waals surface area (Å²) in [4.78, 5) is 0. The van der Waals surface area contributed by atoms with E-state index in [1.54, 1.807) is 0 Å². The average Bonchev–Trinajstić information content (AvgIpc) is 2.38. The molecule has 0 radical (unpaired) electrons. The monoisotopic (exact) mass is 226 g/mol. The van der Waals surface area contributed by atoms with Gasteiger partial charge in [0.1, 0.15) is 0 Å². The van der Waals surface area contributed by atoms with E-state index in [9.17, 15) is 0 Å². The molecule has 0 saturated heterocycles. The van der Waals surface area contributed by atoms with Gasteiger partial charge in [-0.05, 0) is 28.7 Å². The summed E-state index contributed by atoms with van der Waals surface area (Å²) in [6.45, 7) is 4.59. The molecule has 0 heteroatoms. The lowest BCUT2D eigenvalue weighted by Crippen LogP contribution is -2.03. The van der Waals surface area contributed by atoms with Gasteiger partial charge in [0, 0.05) is 0 Å². The lowest BCUT2D eigenvalue weighted by atomic mass is 9.90. The largest absolute Gasteiger partial charge is 0.0654 e. The molecule has 0 bridgehead atoms. The van der Waals surface area contributed by atoms with Gasteiger partial charge in [0.05, 0.1) is 0 Å². The first kappa shape index (κ1) is 12.2. The maximum absolute atomic E-state index is 2.31. The minimum Gasteiger partial charge on any atom is -0.0654 e. The van der Waals surface area contributed by atoms with Gasteiger partial charge in [-0.25, -0.2) is 0 Å². The van der Waals surface area contributed by atoms with Crippen molar-refractivity contribution in [3.8, 4) is 0 Å².